The summed E-state index contributed by atoms with van der Waals surface area (Å²) in [5, 5.41) is 9.54. The van der Waals surface area contributed by atoms with E-state index in [0.29, 0.717) is 18.4 Å². The van der Waals surface area contributed by atoms with Gasteiger partial charge in [-0.25, -0.2) is 0 Å². The molecule has 0 amide bonds. The number of allylic oxidation sites excluding steroid dienone is 2. The van der Waals surface area contributed by atoms with Gasteiger partial charge in [-0.2, -0.15) is 0 Å². The summed E-state index contributed by atoms with van der Waals surface area (Å²) in [7, 11) is 0. The van der Waals surface area contributed by atoms with E-state index >= 15 is 0 Å². The molecule has 146 valence electrons. The fraction of sp³-hybridized carbons (Fsp3) is 0.706. The van der Waals surface area contributed by atoms with Gasteiger partial charge in [-0.05, 0) is 44.9 Å². The average molecular weight is 355 g/mol. The van der Waals surface area contributed by atoms with E-state index in [4.69, 9.17) is 22.9 Å². The fourth-order valence-electron chi connectivity index (χ4n) is 1.99. The molecule has 0 aromatic rings. The van der Waals surface area contributed by atoms with Crippen molar-refractivity contribution < 1.29 is 0 Å². The highest BCUT2D eigenvalue weighted by Gasteiger charge is 2.16. The average Bonchev–Trinajstić information content (AvgIpc) is 2.52. The van der Waals surface area contributed by atoms with Crippen LogP contribution in [0.4, 0.5) is 0 Å². The van der Waals surface area contributed by atoms with E-state index in [1.165, 1.54) is 0 Å². The van der Waals surface area contributed by atoms with Gasteiger partial charge in [0.1, 0.15) is 5.79 Å². The minimum Gasteiger partial charge on any atom is -0.399 e. The van der Waals surface area contributed by atoms with Gasteiger partial charge in [0, 0.05) is 37.9 Å². The first-order valence-electron chi connectivity index (χ1n) is 8.77. The number of hydrogen-bond acceptors (Lipinski definition) is 7. The van der Waals surface area contributed by atoms with E-state index in [-0.39, 0.29) is 6.04 Å². The maximum Gasteiger partial charge on any atom is 0.136 e. The topological polar surface area (TPSA) is 153 Å². The van der Waals surface area contributed by atoms with Crippen molar-refractivity contribution in [2.24, 2.45) is 39.8 Å². The van der Waals surface area contributed by atoms with Crippen molar-refractivity contribution in [3.05, 3.63) is 24.0 Å². The van der Waals surface area contributed by atoms with Gasteiger partial charge in [-0.15, -0.1) is 0 Å². The van der Waals surface area contributed by atoms with E-state index in [9.17, 15) is 0 Å². The van der Waals surface area contributed by atoms with Crippen LogP contribution in [0.1, 0.15) is 27.7 Å². The number of aliphatic imine (C=N–C) groups is 1. The summed E-state index contributed by atoms with van der Waals surface area (Å²) < 4.78 is 0. The van der Waals surface area contributed by atoms with Crippen LogP contribution in [0.2, 0.25) is 0 Å². The van der Waals surface area contributed by atoms with Gasteiger partial charge in [0.15, 0.2) is 0 Å². The third kappa shape index (κ3) is 14.4. The third-order valence-electron chi connectivity index (χ3n) is 3.64. The van der Waals surface area contributed by atoms with E-state index in [1.54, 1.807) is 13.3 Å². The molecule has 25 heavy (non-hydrogen) atoms. The molecular weight excluding hydrogens is 316 g/mol. The van der Waals surface area contributed by atoms with E-state index in [2.05, 4.69) is 27.9 Å². The van der Waals surface area contributed by atoms with Gasteiger partial charge < -0.3 is 27.4 Å². The highest BCUT2D eigenvalue weighted by atomic mass is 15.2. The smallest absolute Gasteiger partial charge is 0.136 e. The molecule has 0 bridgehead atoms. The summed E-state index contributed by atoms with van der Waals surface area (Å²) in [6, 6.07) is 0.132. The predicted octanol–water partition coefficient (Wildman–Crippen LogP) is -0.650. The Hall–Kier alpha value is -1.61. The summed E-state index contributed by atoms with van der Waals surface area (Å²) in [5.74, 6) is -0.209. The van der Waals surface area contributed by atoms with Gasteiger partial charge in [0.2, 0.25) is 0 Å². The largest absolute Gasteiger partial charge is 0.399 e. The predicted molar refractivity (Wildman–Crippen MR) is 108 cm³/mol. The minimum atomic E-state index is -0.954. The Bertz CT molecular complexity index is 423. The zero-order valence-electron chi connectivity index (χ0n) is 16.1. The second-order valence-electron chi connectivity index (χ2n) is 6.82. The lowest BCUT2D eigenvalue weighted by atomic mass is 9.93. The van der Waals surface area contributed by atoms with Crippen LogP contribution in [0.3, 0.4) is 0 Å². The molecule has 0 aromatic heterocycles. The number of nitrogens with zero attached hydrogens (tertiary/aromatic N) is 1. The molecule has 0 aliphatic rings. The Balaban J connectivity index is 4.50. The van der Waals surface area contributed by atoms with Gasteiger partial charge in [-0.3, -0.25) is 16.5 Å². The van der Waals surface area contributed by atoms with Crippen molar-refractivity contribution in [3.63, 3.8) is 0 Å². The SMILES string of the molecule is C/C=C(N)\C=C\NC[C@@H](CNC[C@H](C)N)[C@@H](C)CN=CNC(C)(N)N. The molecule has 0 fully saturated rings. The van der Waals surface area contributed by atoms with Crippen molar-refractivity contribution in [1.82, 2.24) is 16.0 Å². The van der Waals surface area contributed by atoms with Crippen molar-refractivity contribution in [2.45, 2.75) is 39.5 Å². The summed E-state index contributed by atoms with van der Waals surface area (Å²) in [6.07, 6.45) is 7.15. The van der Waals surface area contributed by atoms with E-state index in [0.717, 1.165) is 25.3 Å². The Morgan fingerprint density at radius 2 is 1.88 bits per heavy atom. The fourth-order valence-corrected chi connectivity index (χ4v) is 1.99. The highest BCUT2D eigenvalue weighted by molar-refractivity contribution is 5.55. The molecule has 8 nitrogen and oxygen atoms in total. The first kappa shape index (κ1) is 23.4. The zero-order valence-corrected chi connectivity index (χ0v) is 16.1. The number of hydrogen-bond donors (Lipinski definition) is 7. The van der Waals surface area contributed by atoms with Crippen molar-refractivity contribution in [3.8, 4) is 0 Å². The second kappa shape index (κ2) is 12.7. The van der Waals surface area contributed by atoms with Crippen molar-refractivity contribution in [1.29, 1.82) is 0 Å². The highest BCUT2D eigenvalue weighted by Crippen LogP contribution is 2.10. The van der Waals surface area contributed by atoms with E-state index < -0.39 is 5.79 Å². The number of nitrogens with one attached hydrogen (secondary N) is 3. The maximum atomic E-state index is 5.80. The molecule has 3 atom stereocenters. The lowest BCUT2D eigenvalue weighted by Gasteiger charge is -2.24. The Morgan fingerprint density at radius 1 is 1.20 bits per heavy atom. The summed E-state index contributed by atoms with van der Waals surface area (Å²) in [6.45, 7) is 10.9. The zero-order chi connectivity index (χ0) is 19.3. The van der Waals surface area contributed by atoms with Crippen LogP contribution < -0.4 is 38.9 Å². The summed E-state index contributed by atoms with van der Waals surface area (Å²) in [4.78, 5) is 4.37. The third-order valence-corrected chi connectivity index (χ3v) is 3.64. The van der Waals surface area contributed by atoms with Crippen LogP contribution in [0.5, 0.6) is 0 Å². The molecule has 0 saturated heterocycles. The van der Waals surface area contributed by atoms with Gasteiger partial charge in [0.05, 0.1) is 6.34 Å². The van der Waals surface area contributed by atoms with E-state index in [1.807, 2.05) is 32.2 Å². The molecule has 0 rings (SSSR count). The first-order valence-corrected chi connectivity index (χ1v) is 8.77. The molecule has 11 N–H and O–H groups in total. The van der Waals surface area contributed by atoms with Crippen molar-refractivity contribution >= 4 is 6.34 Å². The van der Waals surface area contributed by atoms with Crippen LogP contribution in [-0.4, -0.2) is 44.3 Å². The number of rotatable bonds is 13. The van der Waals surface area contributed by atoms with Crippen LogP contribution in [0.15, 0.2) is 29.0 Å². The molecule has 0 aliphatic heterocycles. The monoisotopic (exact) mass is 354 g/mol. The molecule has 0 aromatic carbocycles. The molecule has 0 saturated carbocycles. The van der Waals surface area contributed by atoms with Crippen molar-refractivity contribution in [2.75, 3.05) is 26.2 Å². The Morgan fingerprint density at radius 3 is 2.44 bits per heavy atom. The van der Waals surface area contributed by atoms with Crippen LogP contribution in [-0.2, 0) is 0 Å². The molecule has 0 heterocycles. The van der Waals surface area contributed by atoms with Crippen LogP contribution in [0, 0.1) is 11.8 Å². The quantitative estimate of drug-likeness (QED) is 0.100. The van der Waals surface area contributed by atoms with Gasteiger partial charge in [0.25, 0.3) is 0 Å². The molecule has 0 spiro atoms. The minimum absolute atomic E-state index is 0.132. The lowest BCUT2D eigenvalue weighted by Crippen LogP contribution is -2.58. The molecule has 0 unspecified atom stereocenters. The van der Waals surface area contributed by atoms with Crippen LogP contribution in [0.25, 0.3) is 0 Å². The molecule has 0 radical (unpaired) electrons. The summed E-state index contributed by atoms with van der Waals surface area (Å²) >= 11 is 0. The standard InChI is InChI=1S/C17H38N8/c1-5-16(19)6-7-22-10-15(11-23-9-14(3)18)13(2)8-24-12-25-17(4,20)21/h5-7,12-15,22-23H,8-11,18-21H2,1-4H3,(H,24,25)/b7-6+,16-5+/t13-,14-,15-/m0/s1. The Labute approximate surface area is 152 Å². The maximum absolute atomic E-state index is 5.80. The van der Waals surface area contributed by atoms with Crippen LogP contribution >= 0.6 is 0 Å². The first-order chi connectivity index (χ1) is 11.7. The Kier molecular flexibility index (Phi) is 11.9. The second-order valence-corrected chi connectivity index (χ2v) is 6.82. The normalized spacial score (nSPS) is 17.0. The molecule has 8 heteroatoms. The van der Waals surface area contributed by atoms with Gasteiger partial charge in [-0.1, -0.05) is 13.0 Å². The number of nitrogens with two attached hydrogens (primary N) is 4. The molecular formula is C17H38N8. The van der Waals surface area contributed by atoms with Gasteiger partial charge >= 0.3 is 0 Å². The summed E-state index contributed by atoms with van der Waals surface area (Å²) in [5.41, 5.74) is 23.6. The lowest BCUT2D eigenvalue weighted by molar-refractivity contribution is 0.339. The molecule has 0 aliphatic carbocycles.